The minimum Gasteiger partial charge on any atom is -0.352 e. The second kappa shape index (κ2) is 8.89. The highest BCUT2D eigenvalue weighted by molar-refractivity contribution is 5.81. The number of carbonyl (C=O) groups is 1. The van der Waals surface area contributed by atoms with E-state index in [1.54, 1.807) is 0 Å². The number of piperidine rings is 1. The summed E-state index contributed by atoms with van der Waals surface area (Å²) in [5, 5.41) is 3.32. The molecule has 1 N–H and O–H groups in total. The van der Waals surface area contributed by atoms with Crippen LogP contribution in [0.5, 0.6) is 0 Å². The van der Waals surface area contributed by atoms with Crippen LogP contribution in [0.1, 0.15) is 36.5 Å². The molecule has 2 aliphatic rings. The van der Waals surface area contributed by atoms with E-state index in [4.69, 9.17) is 0 Å². The lowest BCUT2D eigenvalue weighted by Gasteiger charge is -2.36. The highest BCUT2D eigenvalue weighted by Crippen LogP contribution is 2.21. The van der Waals surface area contributed by atoms with E-state index < -0.39 is 0 Å². The molecule has 4 rings (SSSR count). The van der Waals surface area contributed by atoms with Crippen molar-refractivity contribution in [3.8, 4) is 0 Å². The van der Waals surface area contributed by atoms with Crippen LogP contribution in [0.25, 0.3) is 0 Å². The summed E-state index contributed by atoms with van der Waals surface area (Å²) in [4.78, 5) is 17.6. The molecule has 1 amide bonds. The van der Waals surface area contributed by atoms with Crippen LogP contribution in [0.15, 0.2) is 54.6 Å². The number of fused-ring (bicyclic) bond motifs is 1. The van der Waals surface area contributed by atoms with E-state index in [2.05, 4.69) is 69.7 Å². The number of hydrogen-bond acceptors (Lipinski definition) is 3. The van der Waals surface area contributed by atoms with Gasteiger partial charge < -0.3 is 5.32 Å². The second-order valence-electron chi connectivity index (χ2n) is 8.21. The van der Waals surface area contributed by atoms with Crippen molar-refractivity contribution in [3.63, 3.8) is 0 Å². The summed E-state index contributed by atoms with van der Waals surface area (Å²) in [5.74, 6) is 0.181. The van der Waals surface area contributed by atoms with Gasteiger partial charge >= 0.3 is 0 Å². The van der Waals surface area contributed by atoms with Gasteiger partial charge in [-0.2, -0.15) is 0 Å². The van der Waals surface area contributed by atoms with Gasteiger partial charge in [0.15, 0.2) is 0 Å². The third kappa shape index (κ3) is 4.62. The first-order valence-electron chi connectivity index (χ1n) is 10.6. The van der Waals surface area contributed by atoms with Gasteiger partial charge in [-0.15, -0.1) is 0 Å². The van der Waals surface area contributed by atoms with Crippen molar-refractivity contribution >= 4 is 5.91 Å². The topological polar surface area (TPSA) is 35.6 Å². The molecule has 4 nitrogen and oxygen atoms in total. The van der Waals surface area contributed by atoms with Crippen LogP contribution in [0.3, 0.4) is 0 Å². The van der Waals surface area contributed by atoms with Crippen molar-refractivity contribution in [2.45, 2.75) is 51.4 Å². The van der Waals surface area contributed by atoms with Crippen molar-refractivity contribution in [3.05, 3.63) is 71.3 Å². The van der Waals surface area contributed by atoms with Crippen molar-refractivity contribution < 1.29 is 4.79 Å². The highest BCUT2D eigenvalue weighted by atomic mass is 16.2. The third-order valence-electron chi connectivity index (χ3n) is 6.27. The fourth-order valence-electron chi connectivity index (χ4n) is 4.41. The lowest BCUT2D eigenvalue weighted by atomic mass is 9.98. The van der Waals surface area contributed by atoms with E-state index in [1.807, 2.05) is 6.92 Å². The first-order valence-corrected chi connectivity index (χ1v) is 10.6. The molecule has 0 aromatic heterocycles. The van der Waals surface area contributed by atoms with E-state index in [1.165, 1.54) is 16.7 Å². The summed E-state index contributed by atoms with van der Waals surface area (Å²) in [6, 6.07) is 19.5. The maximum absolute atomic E-state index is 12.8. The van der Waals surface area contributed by atoms with Crippen LogP contribution in [-0.4, -0.2) is 47.4 Å². The van der Waals surface area contributed by atoms with Crippen LogP contribution in [0.2, 0.25) is 0 Å². The Bertz CT molecular complexity index is 783. The Morgan fingerprint density at radius 1 is 1.00 bits per heavy atom. The van der Waals surface area contributed by atoms with Gasteiger partial charge in [0.25, 0.3) is 0 Å². The normalized spacial score (nSPS) is 19.8. The number of likely N-dealkylation sites (tertiary alicyclic amines) is 1. The average Bonchev–Trinajstić information content (AvgIpc) is 2.75. The van der Waals surface area contributed by atoms with Gasteiger partial charge in [-0.3, -0.25) is 14.6 Å². The first kappa shape index (κ1) is 19.2. The molecule has 2 aliphatic heterocycles. The van der Waals surface area contributed by atoms with E-state index in [0.717, 1.165) is 52.0 Å². The molecule has 0 spiro atoms. The summed E-state index contributed by atoms with van der Waals surface area (Å²) < 4.78 is 0. The van der Waals surface area contributed by atoms with E-state index in [9.17, 15) is 4.79 Å². The van der Waals surface area contributed by atoms with Gasteiger partial charge in [0.2, 0.25) is 5.91 Å². The summed E-state index contributed by atoms with van der Waals surface area (Å²) in [6.45, 7) is 6.98. The number of nitrogens with one attached hydrogen (secondary N) is 1. The number of rotatable bonds is 5. The predicted molar refractivity (Wildman–Crippen MR) is 113 cm³/mol. The van der Waals surface area contributed by atoms with Crippen LogP contribution < -0.4 is 5.32 Å². The van der Waals surface area contributed by atoms with Gasteiger partial charge in [-0.1, -0.05) is 54.6 Å². The van der Waals surface area contributed by atoms with Crippen molar-refractivity contribution in [1.29, 1.82) is 0 Å². The minimum atomic E-state index is -0.0734. The first-order chi connectivity index (χ1) is 13.7. The summed E-state index contributed by atoms with van der Waals surface area (Å²) in [5.41, 5.74) is 4.16. The Labute approximate surface area is 168 Å². The SMILES string of the molecule is C[C@@H](C(=O)NC1CCN(Cc2ccccc2)CC1)N1CCc2ccccc2C1. The van der Waals surface area contributed by atoms with Gasteiger partial charge in [0.1, 0.15) is 0 Å². The lowest BCUT2D eigenvalue weighted by molar-refractivity contribution is -0.127. The second-order valence-corrected chi connectivity index (χ2v) is 8.21. The molecule has 148 valence electrons. The Balaban J connectivity index is 1.24. The third-order valence-corrected chi connectivity index (χ3v) is 6.27. The van der Waals surface area contributed by atoms with Gasteiger partial charge in [0.05, 0.1) is 6.04 Å². The zero-order valence-electron chi connectivity index (χ0n) is 16.8. The fourth-order valence-corrected chi connectivity index (χ4v) is 4.41. The number of amides is 1. The van der Waals surface area contributed by atoms with Gasteiger partial charge in [-0.05, 0) is 42.9 Å². The molecule has 2 heterocycles. The van der Waals surface area contributed by atoms with E-state index >= 15 is 0 Å². The van der Waals surface area contributed by atoms with Gasteiger partial charge in [0, 0.05) is 38.8 Å². The molecular weight excluding hydrogens is 346 g/mol. The number of hydrogen-bond donors (Lipinski definition) is 1. The highest BCUT2D eigenvalue weighted by Gasteiger charge is 2.28. The summed E-state index contributed by atoms with van der Waals surface area (Å²) >= 11 is 0. The minimum absolute atomic E-state index is 0.0734. The number of benzene rings is 2. The predicted octanol–water partition coefficient (Wildman–Crippen LogP) is 3.21. The van der Waals surface area contributed by atoms with Gasteiger partial charge in [-0.25, -0.2) is 0 Å². The smallest absolute Gasteiger partial charge is 0.237 e. The number of nitrogens with zero attached hydrogens (tertiary/aromatic N) is 2. The standard InChI is InChI=1S/C24H31N3O/c1-19(27-16-11-21-9-5-6-10-22(21)18-27)24(28)25-23-12-14-26(15-13-23)17-20-7-3-2-4-8-20/h2-10,19,23H,11-18H2,1H3,(H,25,28)/t19-/m0/s1. The Hall–Kier alpha value is -2.17. The van der Waals surface area contributed by atoms with Crippen LogP contribution >= 0.6 is 0 Å². The Morgan fingerprint density at radius 2 is 1.68 bits per heavy atom. The molecule has 2 aromatic rings. The van der Waals surface area contributed by atoms with E-state index in [-0.39, 0.29) is 11.9 Å². The quantitative estimate of drug-likeness (QED) is 0.869. The summed E-state index contributed by atoms with van der Waals surface area (Å²) in [6.07, 6.45) is 3.11. The molecule has 1 atom stereocenters. The lowest BCUT2D eigenvalue weighted by Crippen LogP contribution is -2.51. The molecule has 0 bridgehead atoms. The fraction of sp³-hybridized carbons (Fsp3) is 0.458. The Kier molecular flexibility index (Phi) is 6.08. The molecule has 0 unspecified atom stereocenters. The van der Waals surface area contributed by atoms with Crippen molar-refractivity contribution in [1.82, 2.24) is 15.1 Å². The van der Waals surface area contributed by atoms with Crippen molar-refractivity contribution in [2.75, 3.05) is 19.6 Å². The maximum Gasteiger partial charge on any atom is 0.237 e. The van der Waals surface area contributed by atoms with Crippen LogP contribution in [-0.2, 0) is 24.3 Å². The van der Waals surface area contributed by atoms with Crippen LogP contribution in [0, 0.1) is 0 Å². The zero-order valence-corrected chi connectivity index (χ0v) is 16.8. The molecule has 2 aromatic carbocycles. The average molecular weight is 378 g/mol. The maximum atomic E-state index is 12.8. The van der Waals surface area contributed by atoms with Crippen molar-refractivity contribution in [2.24, 2.45) is 0 Å². The Morgan fingerprint density at radius 3 is 2.43 bits per heavy atom. The molecule has 1 fully saturated rings. The largest absolute Gasteiger partial charge is 0.352 e. The monoisotopic (exact) mass is 377 g/mol. The molecule has 0 aliphatic carbocycles. The molecule has 28 heavy (non-hydrogen) atoms. The summed E-state index contributed by atoms with van der Waals surface area (Å²) in [7, 11) is 0. The molecule has 1 saturated heterocycles. The van der Waals surface area contributed by atoms with Crippen LogP contribution in [0.4, 0.5) is 0 Å². The zero-order chi connectivity index (χ0) is 19.3. The molecule has 0 saturated carbocycles. The molecular formula is C24H31N3O. The molecule has 0 radical (unpaired) electrons. The molecule has 4 heteroatoms. The number of carbonyl (C=O) groups excluding carboxylic acids is 1. The van der Waals surface area contributed by atoms with E-state index in [0.29, 0.717) is 6.04 Å².